The van der Waals surface area contributed by atoms with Gasteiger partial charge < -0.3 is 15.5 Å². The molecule has 1 spiro atoms. The van der Waals surface area contributed by atoms with Gasteiger partial charge >= 0.3 is 0 Å². The van der Waals surface area contributed by atoms with Gasteiger partial charge in [-0.15, -0.1) is 0 Å². The monoisotopic (exact) mass is 428 g/mol. The van der Waals surface area contributed by atoms with Crippen LogP contribution in [-0.2, 0) is 0 Å². The first kappa shape index (κ1) is 19.4. The Kier molecular flexibility index (Phi) is 4.50. The number of piperidine rings is 1. The van der Waals surface area contributed by atoms with Crippen molar-refractivity contribution in [2.75, 3.05) is 36.4 Å². The summed E-state index contributed by atoms with van der Waals surface area (Å²) in [4.78, 5) is 20.9. The smallest absolute Gasteiger partial charge is 0.230 e. The summed E-state index contributed by atoms with van der Waals surface area (Å²) in [7, 11) is 0. The molecular weight excluding hydrogens is 400 g/mol. The summed E-state index contributed by atoms with van der Waals surface area (Å²) in [6.45, 7) is 8.89. The van der Waals surface area contributed by atoms with Crippen molar-refractivity contribution in [1.82, 2.24) is 29.7 Å². The molecule has 0 amide bonds. The third kappa shape index (κ3) is 3.26. The van der Waals surface area contributed by atoms with E-state index in [2.05, 4.69) is 54.8 Å². The number of aromatic nitrogens is 5. The molecule has 0 aliphatic carbocycles. The van der Waals surface area contributed by atoms with E-state index in [1.54, 1.807) is 0 Å². The molecule has 32 heavy (non-hydrogen) atoms. The fourth-order valence-electron chi connectivity index (χ4n) is 4.87. The number of imidazole rings is 1. The zero-order valence-corrected chi connectivity index (χ0v) is 18.5. The summed E-state index contributed by atoms with van der Waals surface area (Å²) in [5.41, 5.74) is 4.62. The summed E-state index contributed by atoms with van der Waals surface area (Å²) in [5, 5.41) is 7.68. The Morgan fingerprint density at radius 1 is 0.969 bits per heavy atom. The highest BCUT2D eigenvalue weighted by molar-refractivity contribution is 5.79. The standard InChI is InChI=1S/C24H28N8/c1-16(2)19-13-27-21-6-3-17-11-28-23(30-22(17)32(19)21)29-20-5-4-18(12-26-20)31-9-7-24(8-10-31)14-25-15-24/h3-6,11-13,16,25H,7-10,14-15H2,1-2H3,(H,26,28,29,30). The first-order valence-corrected chi connectivity index (χ1v) is 11.4. The zero-order chi connectivity index (χ0) is 21.7. The molecule has 0 atom stereocenters. The van der Waals surface area contributed by atoms with E-state index in [1.807, 2.05) is 36.8 Å². The van der Waals surface area contributed by atoms with Gasteiger partial charge in [-0.3, -0.25) is 4.40 Å². The van der Waals surface area contributed by atoms with Gasteiger partial charge in [-0.1, -0.05) is 13.8 Å². The molecule has 8 nitrogen and oxygen atoms in total. The van der Waals surface area contributed by atoms with Crippen LogP contribution in [0.5, 0.6) is 0 Å². The summed E-state index contributed by atoms with van der Waals surface area (Å²) in [6, 6.07) is 8.17. The first-order valence-electron chi connectivity index (χ1n) is 11.4. The Balaban J connectivity index is 1.23. The fourth-order valence-corrected chi connectivity index (χ4v) is 4.87. The van der Waals surface area contributed by atoms with Crippen LogP contribution in [-0.4, -0.2) is 50.5 Å². The Bertz CT molecular complexity index is 1260. The lowest BCUT2D eigenvalue weighted by Crippen LogP contribution is -2.58. The molecular formula is C24H28N8. The number of fused-ring (bicyclic) bond motifs is 3. The van der Waals surface area contributed by atoms with E-state index < -0.39 is 0 Å². The van der Waals surface area contributed by atoms with E-state index in [0.717, 1.165) is 41.3 Å². The lowest BCUT2D eigenvalue weighted by atomic mass is 9.73. The molecule has 164 valence electrons. The van der Waals surface area contributed by atoms with E-state index >= 15 is 0 Å². The van der Waals surface area contributed by atoms with Crippen molar-refractivity contribution in [1.29, 1.82) is 0 Å². The van der Waals surface area contributed by atoms with E-state index in [0.29, 0.717) is 17.3 Å². The Labute approximate surface area is 187 Å². The second-order valence-electron chi connectivity index (χ2n) is 9.45. The zero-order valence-electron chi connectivity index (χ0n) is 18.5. The van der Waals surface area contributed by atoms with Gasteiger partial charge in [0.2, 0.25) is 5.95 Å². The van der Waals surface area contributed by atoms with Gasteiger partial charge in [0.25, 0.3) is 0 Å². The topological polar surface area (TPSA) is 83.3 Å². The van der Waals surface area contributed by atoms with Crippen LogP contribution in [0.3, 0.4) is 0 Å². The van der Waals surface area contributed by atoms with Crippen molar-refractivity contribution in [2.45, 2.75) is 32.6 Å². The number of pyridine rings is 2. The van der Waals surface area contributed by atoms with Gasteiger partial charge in [-0.05, 0) is 48.4 Å². The predicted octanol–water partition coefficient (Wildman–Crippen LogP) is 3.73. The molecule has 0 saturated carbocycles. The molecule has 4 aromatic rings. The van der Waals surface area contributed by atoms with Crippen LogP contribution in [0.15, 0.2) is 42.9 Å². The van der Waals surface area contributed by atoms with Crippen molar-refractivity contribution in [3.05, 3.63) is 48.5 Å². The second-order valence-corrected chi connectivity index (χ2v) is 9.45. The number of rotatable bonds is 4. The molecule has 0 radical (unpaired) electrons. The number of anilines is 3. The predicted molar refractivity (Wildman–Crippen MR) is 127 cm³/mol. The lowest BCUT2D eigenvalue weighted by molar-refractivity contribution is 0.126. The van der Waals surface area contributed by atoms with Gasteiger partial charge in [0.15, 0.2) is 5.65 Å². The molecule has 2 aliphatic heterocycles. The Morgan fingerprint density at radius 2 is 1.81 bits per heavy atom. The highest BCUT2D eigenvalue weighted by Crippen LogP contribution is 2.36. The van der Waals surface area contributed by atoms with Crippen LogP contribution < -0.4 is 15.5 Å². The number of nitrogens with zero attached hydrogens (tertiary/aromatic N) is 6. The van der Waals surface area contributed by atoms with Crippen LogP contribution in [0.2, 0.25) is 0 Å². The molecule has 2 fully saturated rings. The van der Waals surface area contributed by atoms with Crippen LogP contribution in [0, 0.1) is 5.41 Å². The van der Waals surface area contributed by atoms with Crippen molar-refractivity contribution in [3.63, 3.8) is 0 Å². The summed E-state index contributed by atoms with van der Waals surface area (Å²) in [5.74, 6) is 1.62. The molecule has 0 bridgehead atoms. The van der Waals surface area contributed by atoms with Gasteiger partial charge in [0.1, 0.15) is 11.5 Å². The summed E-state index contributed by atoms with van der Waals surface area (Å²) in [6.07, 6.45) is 8.24. The number of nitrogens with one attached hydrogen (secondary N) is 2. The third-order valence-electron chi connectivity index (χ3n) is 7.00. The molecule has 2 aliphatic rings. The van der Waals surface area contributed by atoms with Gasteiger partial charge in [0.05, 0.1) is 11.9 Å². The minimum absolute atomic E-state index is 0.349. The van der Waals surface area contributed by atoms with Crippen molar-refractivity contribution in [3.8, 4) is 0 Å². The maximum atomic E-state index is 4.80. The minimum atomic E-state index is 0.349. The van der Waals surface area contributed by atoms with E-state index in [4.69, 9.17) is 4.98 Å². The Hall–Kier alpha value is -3.26. The van der Waals surface area contributed by atoms with Crippen LogP contribution in [0.25, 0.3) is 16.7 Å². The maximum absolute atomic E-state index is 4.80. The first-order chi connectivity index (χ1) is 15.6. The van der Waals surface area contributed by atoms with Crippen LogP contribution in [0.1, 0.15) is 38.3 Å². The molecule has 6 heterocycles. The highest BCUT2D eigenvalue weighted by Gasteiger charge is 2.39. The molecule has 8 heteroatoms. The van der Waals surface area contributed by atoms with Gasteiger partial charge in [-0.2, -0.15) is 4.98 Å². The maximum Gasteiger partial charge on any atom is 0.230 e. The van der Waals surface area contributed by atoms with Crippen molar-refractivity contribution < 1.29 is 0 Å². The van der Waals surface area contributed by atoms with Gasteiger partial charge in [-0.25, -0.2) is 15.0 Å². The lowest BCUT2D eigenvalue weighted by Gasteiger charge is -2.48. The largest absolute Gasteiger partial charge is 0.370 e. The summed E-state index contributed by atoms with van der Waals surface area (Å²) >= 11 is 0. The number of hydrogen-bond donors (Lipinski definition) is 2. The van der Waals surface area contributed by atoms with Crippen LogP contribution in [0.4, 0.5) is 17.5 Å². The molecule has 4 aromatic heterocycles. The van der Waals surface area contributed by atoms with Crippen molar-refractivity contribution >= 4 is 34.1 Å². The molecule has 6 rings (SSSR count). The minimum Gasteiger partial charge on any atom is -0.370 e. The van der Waals surface area contributed by atoms with Crippen molar-refractivity contribution in [2.24, 2.45) is 5.41 Å². The average Bonchev–Trinajstić information content (AvgIpc) is 3.24. The normalized spacial score (nSPS) is 17.9. The van der Waals surface area contributed by atoms with E-state index in [9.17, 15) is 0 Å². The SMILES string of the molecule is CC(C)c1cnc2ccc3cnc(Nc4ccc(N5CCC6(CC5)CNC6)cn4)nc3n12. The second kappa shape index (κ2) is 7.41. The van der Waals surface area contributed by atoms with Gasteiger partial charge in [0, 0.05) is 49.7 Å². The van der Waals surface area contributed by atoms with Crippen LogP contribution >= 0.6 is 0 Å². The quantitative estimate of drug-likeness (QED) is 0.512. The van der Waals surface area contributed by atoms with E-state index in [-0.39, 0.29) is 0 Å². The fraction of sp³-hybridized carbons (Fsp3) is 0.417. The molecule has 2 N–H and O–H groups in total. The average molecular weight is 429 g/mol. The highest BCUT2D eigenvalue weighted by atomic mass is 15.2. The molecule has 2 saturated heterocycles. The molecule has 0 aromatic carbocycles. The van der Waals surface area contributed by atoms with E-state index in [1.165, 1.54) is 31.6 Å². The summed E-state index contributed by atoms with van der Waals surface area (Å²) < 4.78 is 2.12. The molecule has 0 unspecified atom stereocenters. The Morgan fingerprint density at radius 3 is 2.50 bits per heavy atom. The third-order valence-corrected chi connectivity index (χ3v) is 7.00. The number of hydrogen-bond acceptors (Lipinski definition) is 7.